The zero-order chi connectivity index (χ0) is 13.8. The van der Waals surface area contributed by atoms with Crippen LogP contribution in [0.15, 0.2) is 34.9 Å². The van der Waals surface area contributed by atoms with Crippen molar-refractivity contribution in [3.8, 4) is 0 Å². The minimum Gasteiger partial charge on any atom is -0.361 e. The monoisotopic (exact) mass is 292 g/mol. The number of nitrogens with one attached hydrogen (secondary N) is 1. The number of benzene rings is 1. The second kappa shape index (κ2) is 6.39. The van der Waals surface area contributed by atoms with Crippen LogP contribution >= 0.6 is 11.6 Å². The molecular formula is C15H17ClN2O2. The molecule has 3 rings (SSSR count). The van der Waals surface area contributed by atoms with Crippen molar-refractivity contribution in [3.05, 3.63) is 52.4 Å². The Morgan fingerprint density at radius 3 is 2.95 bits per heavy atom. The molecule has 1 atom stereocenters. The Kier molecular flexibility index (Phi) is 4.35. The molecule has 1 aromatic heterocycles. The average Bonchev–Trinajstić information content (AvgIpc) is 3.10. The smallest absolute Gasteiger partial charge is 0.141 e. The van der Waals surface area contributed by atoms with Crippen molar-refractivity contribution in [1.82, 2.24) is 10.5 Å². The van der Waals surface area contributed by atoms with Crippen molar-refractivity contribution >= 4 is 11.6 Å². The normalized spacial score (nSPS) is 18.6. The summed E-state index contributed by atoms with van der Waals surface area (Å²) in [5.41, 5.74) is 1.98. The summed E-state index contributed by atoms with van der Waals surface area (Å²) in [4.78, 5) is 0. The first-order valence-corrected chi connectivity index (χ1v) is 7.21. The Bertz CT molecular complexity index is 547. The summed E-state index contributed by atoms with van der Waals surface area (Å²) in [5.74, 6) is 0.838. The van der Waals surface area contributed by atoms with Gasteiger partial charge >= 0.3 is 0 Å². The van der Waals surface area contributed by atoms with Gasteiger partial charge in [-0.2, -0.15) is 0 Å². The molecule has 5 heteroatoms. The number of halogens is 1. The Morgan fingerprint density at radius 2 is 2.20 bits per heavy atom. The summed E-state index contributed by atoms with van der Waals surface area (Å²) in [7, 11) is 0. The lowest BCUT2D eigenvalue weighted by molar-refractivity contribution is 0.0281. The molecule has 1 unspecified atom stereocenters. The van der Waals surface area contributed by atoms with Crippen LogP contribution in [0.5, 0.6) is 0 Å². The molecule has 1 aliphatic heterocycles. The molecule has 0 radical (unpaired) electrons. The molecular weight excluding hydrogens is 276 g/mol. The SMILES string of the molecule is Clc1ccc(Cc2cc(COC3CCCN3)no2)cc1. The van der Waals surface area contributed by atoms with E-state index in [1.54, 1.807) is 0 Å². The standard InChI is InChI=1S/C15H17ClN2O2/c16-12-5-3-11(4-6-12)8-14-9-13(18-20-14)10-19-15-2-1-7-17-15/h3-6,9,15,17H,1-2,7-8,10H2. The highest BCUT2D eigenvalue weighted by Crippen LogP contribution is 2.15. The highest BCUT2D eigenvalue weighted by Gasteiger charge is 2.15. The van der Waals surface area contributed by atoms with Gasteiger partial charge in [-0.25, -0.2) is 0 Å². The van der Waals surface area contributed by atoms with E-state index in [0.717, 1.165) is 35.0 Å². The van der Waals surface area contributed by atoms with Crippen LogP contribution in [0.2, 0.25) is 5.02 Å². The fraction of sp³-hybridized carbons (Fsp3) is 0.400. The third-order valence-electron chi connectivity index (χ3n) is 3.35. The first-order chi connectivity index (χ1) is 9.79. The molecule has 0 aliphatic carbocycles. The van der Waals surface area contributed by atoms with Gasteiger partial charge in [-0.1, -0.05) is 28.9 Å². The van der Waals surface area contributed by atoms with Crippen LogP contribution in [-0.2, 0) is 17.8 Å². The van der Waals surface area contributed by atoms with Gasteiger partial charge in [0.2, 0.25) is 0 Å². The molecule has 0 amide bonds. The van der Waals surface area contributed by atoms with E-state index in [2.05, 4.69) is 10.5 Å². The molecule has 1 saturated heterocycles. The van der Waals surface area contributed by atoms with E-state index in [-0.39, 0.29) is 6.23 Å². The van der Waals surface area contributed by atoms with Gasteiger partial charge in [0.15, 0.2) is 0 Å². The molecule has 4 nitrogen and oxygen atoms in total. The van der Waals surface area contributed by atoms with E-state index >= 15 is 0 Å². The van der Waals surface area contributed by atoms with Gasteiger partial charge in [0.25, 0.3) is 0 Å². The molecule has 2 aromatic rings. The van der Waals surface area contributed by atoms with Crippen molar-refractivity contribution in [3.63, 3.8) is 0 Å². The summed E-state index contributed by atoms with van der Waals surface area (Å²) in [6, 6.07) is 9.68. The lowest BCUT2D eigenvalue weighted by atomic mass is 10.1. The van der Waals surface area contributed by atoms with Crippen molar-refractivity contribution in [2.24, 2.45) is 0 Å². The molecule has 1 fully saturated rings. The molecule has 20 heavy (non-hydrogen) atoms. The lowest BCUT2D eigenvalue weighted by Gasteiger charge is -2.09. The highest BCUT2D eigenvalue weighted by atomic mass is 35.5. The Labute approximate surface area is 123 Å². The second-order valence-electron chi connectivity index (χ2n) is 4.98. The summed E-state index contributed by atoms with van der Waals surface area (Å²) in [6.07, 6.45) is 3.11. The van der Waals surface area contributed by atoms with Crippen LogP contribution in [-0.4, -0.2) is 17.9 Å². The second-order valence-corrected chi connectivity index (χ2v) is 5.42. The van der Waals surface area contributed by atoms with Crippen LogP contribution in [0, 0.1) is 0 Å². The maximum absolute atomic E-state index is 5.86. The van der Waals surface area contributed by atoms with Gasteiger partial charge in [0, 0.05) is 17.5 Å². The number of ether oxygens (including phenoxy) is 1. The maximum Gasteiger partial charge on any atom is 0.141 e. The first kappa shape index (κ1) is 13.6. The minimum absolute atomic E-state index is 0.159. The highest BCUT2D eigenvalue weighted by molar-refractivity contribution is 6.30. The van der Waals surface area contributed by atoms with Gasteiger partial charge in [0.05, 0.1) is 6.61 Å². The third-order valence-corrected chi connectivity index (χ3v) is 3.60. The lowest BCUT2D eigenvalue weighted by Crippen LogP contribution is -2.24. The van der Waals surface area contributed by atoms with Crippen LogP contribution in [0.3, 0.4) is 0 Å². The van der Waals surface area contributed by atoms with Gasteiger partial charge in [-0.15, -0.1) is 0 Å². The van der Waals surface area contributed by atoms with E-state index in [4.69, 9.17) is 20.9 Å². The molecule has 1 aliphatic rings. The molecule has 106 valence electrons. The largest absolute Gasteiger partial charge is 0.361 e. The van der Waals surface area contributed by atoms with E-state index in [1.165, 1.54) is 6.42 Å². The van der Waals surface area contributed by atoms with Gasteiger partial charge < -0.3 is 9.26 Å². The zero-order valence-electron chi connectivity index (χ0n) is 11.1. The van der Waals surface area contributed by atoms with Gasteiger partial charge in [-0.05, 0) is 37.1 Å². The van der Waals surface area contributed by atoms with Crippen molar-refractivity contribution < 1.29 is 9.26 Å². The number of aromatic nitrogens is 1. The average molecular weight is 293 g/mol. The van der Waals surface area contributed by atoms with Crippen molar-refractivity contribution in [2.45, 2.75) is 32.1 Å². The predicted molar refractivity (Wildman–Crippen MR) is 76.6 cm³/mol. The number of nitrogens with zero attached hydrogens (tertiary/aromatic N) is 1. The van der Waals surface area contributed by atoms with Gasteiger partial charge in [0.1, 0.15) is 17.7 Å². The van der Waals surface area contributed by atoms with Crippen LogP contribution < -0.4 is 5.32 Å². The van der Waals surface area contributed by atoms with E-state index < -0.39 is 0 Å². The Hall–Kier alpha value is -1.36. The predicted octanol–water partition coefficient (Wildman–Crippen LogP) is 3.14. The van der Waals surface area contributed by atoms with Crippen LogP contribution in [0.1, 0.15) is 29.9 Å². The van der Waals surface area contributed by atoms with Gasteiger partial charge in [-0.3, -0.25) is 5.32 Å². The first-order valence-electron chi connectivity index (χ1n) is 6.83. The number of rotatable bonds is 5. The van der Waals surface area contributed by atoms with E-state index in [9.17, 15) is 0 Å². The molecule has 0 bridgehead atoms. The quantitative estimate of drug-likeness (QED) is 0.920. The van der Waals surface area contributed by atoms with Crippen LogP contribution in [0.25, 0.3) is 0 Å². The topological polar surface area (TPSA) is 47.3 Å². The molecule has 1 aromatic carbocycles. The fourth-order valence-corrected chi connectivity index (χ4v) is 2.42. The summed E-state index contributed by atoms with van der Waals surface area (Å²) in [6.45, 7) is 1.52. The van der Waals surface area contributed by atoms with E-state index in [0.29, 0.717) is 13.0 Å². The molecule has 0 saturated carbocycles. The fourth-order valence-electron chi connectivity index (χ4n) is 2.29. The Morgan fingerprint density at radius 1 is 1.35 bits per heavy atom. The van der Waals surface area contributed by atoms with Crippen molar-refractivity contribution in [1.29, 1.82) is 0 Å². The Balaban J connectivity index is 1.54. The minimum atomic E-state index is 0.159. The molecule has 0 spiro atoms. The van der Waals surface area contributed by atoms with E-state index in [1.807, 2.05) is 30.3 Å². The summed E-state index contributed by atoms with van der Waals surface area (Å²) < 4.78 is 11.0. The molecule has 2 heterocycles. The van der Waals surface area contributed by atoms with Crippen LogP contribution in [0.4, 0.5) is 0 Å². The number of hydrogen-bond donors (Lipinski definition) is 1. The third kappa shape index (κ3) is 3.60. The number of hydrogen-bond acceptors (Lipinski definition) is 4. The summed E-state index contributed by atoms with van der Waals surface area (Å²) >= 11 is 5.86. The zero-order valence-corrected chi connectivity index (χ0v) is 11.9. The summed E-state index contributed by atoms with van der Waals surface area (Å²) in [5, 5.41) is 8.06. The maximum atomic E-state index is 5.86. The molecule has 1 N–H and O–H groups in total. The van der Waals surface area contributed by atoms with Crippen molar-refractivity contribution in [2.75, 3.05) is 6.54 Å².